The summed E-state index contributed by atoms with van der Waals surface area (Å²) in [6.45, 7) is 4.63. The third kappa shape index (κ3) is 3.47. The first-order chi connectivity index (χ1) is 6.59. The van der Waals surface area contributed by atoms with Gasteiger partial charge in [-0.3, -0.25) is 0 Å². The molecule has 1 aromatic carbocycles. The molecule has 0 radical (unpaired) electrons. The van der Waals surface area contributed by atoms with Crippen LogP contribution in [0.15, 0.2) is 29.3 Å². The second kappa shape index (κ2) is 5.12. The number of hydrogen-bond donors (Lipinski definition) is 2. The molecule has 0 saturated heterocycles. The standard InChI is InChI=1S/C10H11BrFNO/c1-7(11)5-13-6-8-4-9(12)2-3-10(8)14/h2-4,13-14H,1,5-6H2. The molecule has 0 amide bonds. The van der Waals surface area contributed by atoms with Crippen LogP contribution >= 0.6 is 15.9 Å². The summed E-state index contributed by atoms with van der Waals surface area (Å²) in [5.74, 6) is -0.253. The molecule has 0 unspecified atom stereocenters. The van der Waals surface area contributed by atoms with Gasteiger partial charge in [0.15, 0.2) is 0 Å². The van der Waals surface area contributed by atoms with Gasteiger partial charge in [-0.25, -0.2) is 4.39 Å². The Morgan fingerprint density at radius 3 is 2.93 bits per heavy atom. The lowest BCUT2D eigenvalue weighted by atomic mass is 10.2. The van der Waals surface area contributed by atoms with Crippen molar-refractivity contribution in [3.8, 4) is 5.75 Å². The highest BCUT2D eigenvalue weighted by molar-refractivity contribution is 9.11. The van der Waals surface area contributed by atoms with Gasteiger partial charge < -0.3 is 10.4 Å². The molecule has 1 aromatic rings. The van der Waals surface area contributed by atoms with Gasteiger partial charge in [0.05, 0.1) is 0 Å². The molecular weight excluding hydrogens is 249 g/mol. The summed E-state index contributed by atoms with van der Waals surface area (Å²) in [5, 5.41) is 12.4. The molecule has 0 aliphatic rings. The van der Waals surface area contributed by atoms with E-state index < -0.39 is 0 Å². The molecule has 4 heteroatoms. The van der Waals surface area contributed by atoms with Crippen LogP contribution in [-0.4, -0.2) is 11.7 Å². The van der Waals surface area contributed by atoms with Crippen molar-refractivity contribution in [2.45, 2.75) is 6.54 Å². The molecule has 0 saturated carbocycles. The van der Waals surface area contributed by atoms with Crippen LogP contribution in [0.4, 0.5) is 4.39 Å². The van der Waals surface area contributed by atoms with E-state index in [4.69, 9.17) is 0 Å². The van der Waals surface area contributed by atoms with Crippen LogP contribution in [0.2, 0.25) is 0 Å². The maximum absolute atomic E-state index is 12.8. The van der Waals surface area contributed by atoms with Crippen molar-refractivity contribution >= 4 is 15.9 Å². The van der Waals surface area contributed by atoms with Crippen LogP contribution < -0.4 is 5.32 Å². The van der Waals surface area contributed by atoms with Gasteiger partial charge in [0, 0.05) is 23.1 Å². The van der Waals surface area contributed by atoms with Crippen LogP contribution in [0.1, 0.15) is 5.56 Å². The van der Waals surface area contributed by atoms with Gasteiger partial charge in [0.2, 0.25) is 0 Å². The topological polar surface area (TPSA) is 32.3 Å². The monoisotopic (exact) mass is 259 g/mol. The smallest absolute Gasteiger partial charge is 0.123 e. The van der Waals surface area contributed by atoms with E-state index in [2.05, 4.69) is 27.8 Å². The second-order valence-electron chi connectivity index (χ2n) is 2.89. The number of aromatic hydroxyl groups is 1. The van der Waals surface area contributed by atoms with Crippen LogP contribution in [0, 0.1) is 5.82 Å². The molecule has 1 rings (SSSR count). The third-order valence-electron chi connectivity index (χ3n) is 1.67. The molecule has 0 aromatic heterocycles. The van der Waals surface area contributed by atoms with Gasteiger partial charge in [0.25, 0.3) is 0 Å². The molecule has 2 N–H and O–H groups in total. The van der Waals surface area contributed by atoms with Gasteiger partial charge in [-0.2, -0.15) is 0 Å². The number of phenols is 1. The Hall–Kier alpha value is -0.870. The highest BCUT2D eigenvalue weighted by Crippen LogP contribution is 2.17. The van der Waals surface area contributed by atoms with E-state index in [1.165, 1.54) is 18.2 Å². The minimum absolute atomic E-state index is 0.0964. The fourth-order valence-corrected chi connectivity index (χ4v) is 1.23. The maximum atomic E-state index is 12.8. The van der Waals surface area contributed by atoms with Crippen molar-refractivity contribution < 1.29 is 9.50 Å². The predicted molar refractivity (Wildman–Crippen MR) is 57.8 cm³/mol. The van der Waals surface area contributed by atoms with E-state index in [1.807, 2.05) is 0 Å². The van der Waals surface area contributed by atoms with Crippen LogP contribution in [0.25, 0.3) is 0 Å². The van der Waals surface area contributed by atoms with Crippen molar-refractivity contribution in [3.63, 3.8) is 0 Å². The van der Waals surface area contributed by atoms with Crippen molar-refractivity contribution in [1.29, 1.82) is 0 Å². The fourth-order valence-electron chi connectivity index (χ4n) is 1.03. The summed E-state index contributed by atoms with van der Waals surface area (Å²) in [4.78, 5) is 0. The Morgan fingerprint density at radius 2 is 2.29 bits per heavy atom. The normalized spacial score (nSPS) is 10.1. The molecule has 0 spiro atoms. The zero-order valence-electron chi connectivity index (χ0n) is 7.56. The van der Waals surface area contributed by atoms with Crippen molar-refractivity contribution in [2.24, 2.45) is 0 Å². The Bertz CT molecular complexity index is 341. The molecule has 0 aliphatic heterocycles. The Balaban J connectivity index is 2.57. The summed E-state index contributed by atoms with van der Waals surface area (Å²) in [7, 11) is 0. The number of phenolic OH excluding ortho intramolecular Hbond substituents is 1. The lowest BCUT2D eigenvalue weighted by Gasteiger charge is -2.05. The van der Waals surface area contributed by atoms with Crippen molar-refractivity contribution in [2.75, 3.05) is 6.54 Å². The summed E-state index contributed by atoms with van der Waals surface area (Å²) in [6.07, 6.45) is 0. The largest absolute Gasteiger partial charge is 0.508 e. The third-order valence-corrected chi connectivity index (χ3v) is 1.95. The van der Waals surface area contributed by atoms with Gasteiger partial charge >= 0.3 is 0 Å². The predicted octanol–water partition coefficient (Wildman–Crippen LogP) is 2.53. The maximum Gasteiger partial charge on any atom is 0.123 e. The number of halogens is 2. The molecule has 0 bridgehead atoms. The minimum Gasteiger partial charge on any atom is -0.508 e. The minimum atomic E-state index is -0.350. The highest BCUT2D eigenvalue weighted by atomic mass is 79.9. The number of rotatable bonds is 4. The number of hydrogen-bond acceptors (Lipinski definition) is 2. The van der Waals surface area contributed by atoms with E-state index in [0.717, 1.165) is 4.48 Å². The summed E-state index contributed by atoms with van der Waals surface area (Å²) in [6, 6.07) is 3.87. The van der Waals surface area contributed by atoms with E-state index in [9.17, 15) is 9.50 Å². The van der Waals surface area contributed by atoms with Crippen LogP contribution in [-0.2, 0) is 6.54 Å². The quantitative estimate of drug-likeness (QED) is 0.871. The average molecular weight is 260 g/mol. The molecule has 0 atom stereocenters. The van der Waals surface area contributed by atoms with Gasteiger partial charge in [-0.15, -0.1) is 0 Å². The van der Waals surface area contributed by atoms with E-state index in [-0.39, 0.29) is 11.6 Å². The van der Waals surface area contributed by atoms with E-state index in [0.29, 0.717) is 18.7 Å². The van der Waals surface area contributed by atoms with Crippen LogP contribution in [0.5, 0.6) is 5.75 Å². The summed E-state index contributed by atoms with van der Waals surface area (Å²) >= 11 is 3.19. The van der Waals surface area contributed by atoms with Gasteiger partial charge in [0.1, 0.15) is 11.6 Å². The zero-order chi connectivity index (χ0) is 10.6. The molecular formula is C10H11BrFNO. The average Bonchev–Trinajstić information content (AvgIpc) is 2.10. The molecule has 0 aliphatic carbocycles. The number of nitrogens with one attached hydrogen (secondary N) is 1. The van der Waals surface area contributed by atoms with Crippen molar-refractivity contribution in [1.82, 2.24) is 5.32 Å². The first-order valence-electron chi connectivity index (χ1n) is 4.11. The number of benzene rings is 1. The molecule has 0 fully saturated rings. The first-order valence-corrected chi connectivity index (χ1v) is 4.90. The molecule has 76 valence electrons. The lowest BCUT2D eigenvalue weighted by Crippen LogP contribution is -2.14. The van der Waals surface area contributed by atoms with Crippen LogP contribution in [0.3, 0.4) is 0 Å². The van der Waals surface area contributed by atoms with Gasteiger partial charge in [-0.05, 0) is 18.2 Å². The lowest BCUT2D eigenvalue weighted by molar-refractivity contribution is 0.462. The SMILES string of the molecule is C=C(Br)CNCc1cc(F)ccc1O. The van der Waals surface area contributed by atoms with Crippen molar-refractivity contribution in [3.05, 3.63) is 40.6 Å². The second-order valence-corrected chi connectivity index (χ2v) is 4.02. The summed E-state index contributed by atoms with van der Waals surface area (Å²) in [5.41, 5.74) is 0.541. The zero-order valence-corrected chi connectivity index (χ0v) is 9.14. The Morgan fingerprint density at radius 1 is 1.57 bits per heavy atom. The first kappa shape index (κ1) is 11.2. The molecule has 2 nitrogen and oxygen atoms in total. The van der Waals surface area contributed by atoms with Gasteiger partial charge in [-0.1, -0.05) is 22.5 Å². The highest BCUT2D eigenvalue weighted by Gasteiger charge is 2.01. The molecule has 0 heterocycles. The molecule has 14 heavy (non-hydrogen) atoms. The van der Waals surface area contributed by atoms with E-state index in [1.54, 1.807) is 0 Å². The Kier molecular flexibility index (Phi) is 4.10. The summed E-state index contributed by atoms with van der Waals surface area (Å²) < 4.78 is 13.6. The Labute approximate surface area is 90.6 Å². The van der Waals surface area contributed by atoms with E-state index >= 15 is 0 Å². The fraction of sp³-hybridized carbons (Fsp3) is 0.200.